The van der Waals surface area contributed by atoms with Gasteiger partial charge in [-0.15, -0.1) is 0 Å². The standard InChI is InChI=1S/C17H17BrN2/c1-12-9-14(10-19)3-4-16(12)11-20-13(2)15-5-7-17(18)8-6-15/h3-9,13,20H,11H2,1-2H3/t13-/m0/s1. The number of hydrogen-bond acceptors (Lipinski definition) is 2. The van der Waals surface area contributed by atoms with Crippen LogP contribution in [-0.2, 0) is 6.54 Å². The second-order valence-electron chi connectivity index (χ2n) is 4.91. The molecule has 1 atom stereocenters. The van der Waals surface area contributed by atoms with E-state index in [1.807, 2.05) is 25.1 Å². The predicted octanol–water partition coefficient (Wildman–Crippen LogP) is 4.48. The molecule has 20 heavy (non-hydrogen) atoms. The lowest BCUT2D eigenvalue weighted by molar-refractivity contribution is 0.573. The van der Waals surface area contributed by atoms with Crippen molar-refractivity contribution in [3.63, 3.8) is 0 Å². The summed E-state index contributed by atoms with van der Waals surface area (Å²) in [6, 6.07) is 16.6. The van der Waals surface area contributed by atoms with Crippen molar-refractivity contribution >= 4 is 15.9 Å². The zero-order valence-electron chi connectivity index (χ0n) is 11.7. The third-order valence-corrected chi connectivity index (χ3v) is 3.97. The van der Waals surface area contributed by atoms with Crippen molar-refractivity contribution in [2.75, 3.05) is 0 Å². The molecule has 102 valence electrons. The Labute approximate surface area is 128 Å². The maximum atomic E-state index is 8.87. The quantitative estimate of drug-likeness (QED) is 0.898. The van der Waals surface area contributed by atoms with Crippen LogP contribution in [-0.4, -0.2) is 0 Å². The molecule has 0 fully saturated rings. The largest absolute Gasteiger partial charge is 0.306 e. The Morgan fingerprint density at radius 1 is 1.20 bits per heavy atom. The van der Waals surface area contributed by atoms with E-state index in [1.165, 1.54) is 11.1 Å². The molecule has 2 aromatic carbocycles. The zero-order valence-corrected chi connectivity index (χ0v) is 13.2. The monoisotopic (exact) mass is 328 g/mol. The summed E-state index contributed by atoms with van der Waals surface area (Å²) in [6.45, 7) is 5.00. The van der Waals surface area contributed by atoms with Gasteiger partial charge >= 0.3 is 0 Å². The molecule has 0 radical (unpaired) electrons. The molecule has 0 saturated carbocycles. The number of hydrogen-bond donors (Lipinski definition) is 1. The number of halogens is 1. The fourth-order valence-electron chi connectivity index (χ4n) is 2.10. The highest BCUT2D eigenvalue weighted by atomic mass is 79.9. The van der Waals surface area contributed by atoms with Crippen LogP contribution in [0.25, 0.3) is 0 Å². The molecule has 0 aromatic heterocycles. The molecule has 0 saturated heterocycles. The zero-order chi connectivity index (χ0) is 14.5. The van der Waals surface area contributed by atoms with Crippen LogP contribution < -0.4 is 5.32 Å². The number of aryl methyl sites for hydroxylation is 1. The second-order valence-corrected chi connectivity index (χ2v) is 5.82. The summed E-state index contributed by atoms with van der Waals surface area (Å²) in [4.78, 5) is 0. The van der Waals surface area contributed by atoms with Crippen molar-refractivity contribution in [2.24, 2.45) is 0 Å². The highest BCUT2D eigenvalue weighted by Gasteiger charge is 2.06. The van der Waals surface area contributed by atoms with Crippen LogP contribution in [0, 0.1) is 18.3 Å². The molecular weight excluding hydrogens is 312 g/mol. The average molecular weight is 329 g/mol. The lowest BCUT2D eigenvalue weighted by atomic mass is 10.0. The first kappa shape index (κ1) is 14.8. The molecular formula is C17H17BrN2. The molecule has 0 unspecified atom stereocenters. The van der Waals surface area contributed by atoms with Gasteiger partial charge in [-0.3, -0.25) is 0 Å². The van der Waals surface area contributed by atoms with Gasteiger partial charge in [0, 0.05) is 17.1 Å². The van der Waals surface area contributed by atoms with E-state index in [-0.39, 0.29) is 6.04 Å². The molecule has 0 aliphatic rings. The van der Waals surface area contributed by atoms with Crippen LogP contribution in [0.3, 0.4) is 0 Å². The molecule has 0 spiro atoms. The van der Waals surface area contributed by atoms with Gasteiger partial charge in [0.25, 0.3) is 0 Å². The van der Waals surface area contributed by atoms with Crippen molar-refractivity contribution < 1.29 is 0 Å². The summed E-state index contributed by atoms with van der Waals surface area (Å²) in [7, 11) is 0. The Hall–Kier alpha value is -1.63. The summed E-state index contributed by atoms with van der Waals surface area (Å²) in [5, 5.41) is 12.4. The first-order chi connectivity index (χ1) is 9.60. The molecule has 0 heterocycles. The number of nitrogens with zero attached hydrogens (tertiary/aromatic N) is 1. The van der Waals surface area contributed by atoms with Crippen LogP contribution in [0.4, 0.5) is 0 Å². The molecule has 2 rings (SSSR count). The van der Waals surface area contributed by atoms with Crippen molar-refractivity contribution in [2.45, 2.75) is 26.4 Å². The van der Waals surface area contributed by atoms with Gasteiger partial charge in [0.05, 0.1) is 11.6 Å². The number of nitrogens with one attached hydrogen (secondary N) is 1. The smallest absolute Gasteiger partial charge is 0.0991 e. The van der Waals surface area contributed by atoms with Crippen LogP contribution in [0.1, 0.15) is 35.2 Å². The Bertz CT molecular complexity index is 626. The van der Waals surface area contributed by atoms with E-state index in [1.54, 1.807) is 0 Å². The molecule has 0 aliphatic carbocycles. The highest BCUT2D eigenvalue weighted by molar-refractivity contribution is 9.10. The first-order valence-electron chi connectivity index (χ1n) is 6.58. The van der Waals surface area contributed by atoms with E-state index in [9.17, 15) is 0 Å². The summed E-state index contributed by atoms with van der Waals surface area (Å²) in [6.07, 6.45) is 0. The van der Waals surface area contributed by atoms with Crippen molar-refractivity contribution in [3.8, 4) is 6.07 Å². The van der Waals surface area contributed by atoms with E-state index in [4.69, 9.17) is 5.26 Å². The van der Waals surface area contributed by atoms with Gasteiger partial charge in [-0.05, 0) is 54.8 Å². The van der Waals surface area contributed by atoms with Gasteiger partial charge in [0.2, 0.25) is 0 Å². The second kappa shape index (κ2) is 6.69. The van der Waals surface area contributed by atoms with Crippen molar-refractivity contribution in [1.82, 2.24) is 5.32 Å². The van der Waals surface area contributed by atoms with Gasteiger partial charge < -0.3 is 5.32 Å². The summed E-state index contributed by atoms with van der Waals surface area (Å²) in [5.41, 5.74) is 4.36. The summed E-state index contributed by atoms with van der Waals surface area (Å²) >= 11 is 3.45. The lowest BCUT2D eigenvalue weighted by Gasteiger charge is -2.15. The Morgan fingerprint density at radius 3 is 2.50 bits per heavy atom. The minimum atomic E-state index is 0.290. The molecule has 2 aromatic rings. The summed E-state index contributed by atoms with van der Waals surface area (Å²) in [5.74, 6) is 0. The van der Waals surface area contributed by atoms with Gasteiger partial charge in [-0.1, -0.05) is 34.1 Å². The van der Waals surface area contributed by atoms with E-state index in [0.717, 1.165) is 16.6 Å². The third-order valence-electron chi connectivity index (χ3n) is 3.44. The molecule has 0 amide bonds. The molecule has 0 bridgehead atoms. The van der Waals surface area contributed by atoms with Gasteiger partial charge in [0.15, 0.2) is 0 Å². The van der Waals surface area contributed by atoms with Gasteiger partial charge in [-0.2, -0.15) is 5.26 Å². The van der Waals surface area contributed by atoms with Gasteiger partial charge in [-0.25, -0.2) is 0 Å². The highest BCUT2D eigenvalue weighted by Crippen LogP contribution is 2.18. The normalized spacial score (nSPS) is 11.9. The van der Waals surface area contributed by atoms with E-state index in [0.29, 0.717) is 5.56 Å². The maximum absolute atomic E-state index is 8.87. The van der Waals surface area contributed by atoms with E-state index >= 15 is 0 Å². The number of nitriles is 1. The van der Waals surface area contributed by atoms with E-state index < -0.39 is 0 Å². The first-order valence-corrected chi connectivity index (χ1v) is 7.38. The van der Waals surface area contributed by atoms with Crippen molar-refractivity contribution in [3.05, 3.63) is 69.2 Å². The Morgan fingerprint density at radius 2 is 1.90 bits per heavy atom. The van der Waals surface area contributed by atoms with Crippen LogP contribution in [0.5, 0.6) is 0 Å². The minimum absolute atomic E-state index is 0.290. The van der Waals surface area contributed by atoms with Crippen LogP contribution in [0.2, 0.25) is 0 Å². The summed E-state index contributed by atoms with van der Waals surface area (Å²) < 4.78 is 1.09. The Balaban J connectivity index is 2.01. The fraction of sp³-hybridized carbons (Fsp3) is 0.235. The molecule has 2 nitrogen and oxygen atoms in total. The molecule has 0 aliphatic heterocycles. The average Bonchev–Trinajstić information content (AvgIpc) is 2.46. The van der Waals surface area contributed by atoms with Crippen molar-refractivity contribution in [1.29, 1.82) is 5.26 Å². The molecule has 3 heteroatoms. The SMILES string of the molecule is Cc1cc(C#N)ccc1CN[C@@H](C)c1ccc(Br)cc1. The topological polar surface area (TPSA) is 35.8 Å². The lowest BCUT2D eigenvalue weighted by Crippen LogP contribution is -2.18. The van der Waals surface area contributed by atoms with Crippen LogP contribution >= 0.6 is 15.9 Å². The van der Waals surface area contributed by atoms with Gasteiger partial charge in [0.1, 0.15) is 0 Å². The number of rotatable bonds is 4. The third kappa shape index (κ3) is 3.69. The minimum Gasteiger partial charge on any atom is -0.306 e. The predicted molar refractivity (Wildman–Crippen MR) is 85.3 cm³/mol. The molecule has 1 N–H and O–H groups in total. The maximum Gasteiger partial charge on any atom is 0.0991 e. The van der Waals surface area contributed by atoms with E-state index in [2.05, 4.69) is 58.5 Å². The fourth-order valence-corrected chi connectivity index (χ4v) is 2.36. The van der Waals surface area contributed by atoms with Crippen LogP contribution in [0.15, 0.2) is 46.9 Å². The Kier molecular flexibility index (Phi) is 4.94. The number of benzene rings is 2.